The van der Waals surface area contributed by atoms with Crippen molar-refractivity contribution >= 4 is 23.6 Å². The van der Waals surface area contributed by atoms with Crippen LogP contribution < -0.4 is 15.4 Å². The van der Waals surface area contributed by atoms with Gasteiger partial charge in [-0.25, -0.2) is 14.6 Å². The van der Waals surface area contributed by atoms with Gasteiger partial charge in [-0.1, -0.05) is 0 Å². The molecule has 0 fully saturated rings. The minimum absolute atomic E-state index is 0.293. The predicted octanol–water partition coefficient (Wildman–Crippen LogP) is 4.01. The van der Waals surface area contributed by atoms with Gasteiger partial charge in [0.25, 0.3) is 0 Å². The summed E-state index contributed by atoms with van der Waals surface area (Å²) in [5, 5.41) is 5.12. The van der Waals surface area contributed by atoms with Crippen molar-refractivity contribution in [3.8, 4) is 11.6 Å². The molecule has 25 heavy (non-hydrogen) atoms. The van der Waals surface area contributed by atoms with Crippen molar-refractivity contribution in [3.05, 3.63) is 42.6 Å². The molecular formula is C17H19N3O5. The summed E-state index contributed by atoms with van der Waals surface area (Å²) in [4.78, 5) is 26.7. The molecule has 1 aromatic heterocycles. The van der Waals surface area contributed by atoms with Gasteiger partial charge in [-0.15, -0.1) is 0 Å². The number of aromatic nitrogens is 1. The molecule has 0 saturated heterocycles. The van der Waals surface area contributed by atoms with Gasteiger partial charge in [0.2, 0.25) is 5.88 Å². The second kappa shape index (κ2) is 9.11. The third-order valence-corrected chi connectivity index (χ3v) is 2.86. The molecule has 1 heterocycles. The highest BCUT2D eigenvalue weighted by molar-refractivity contribution is 5.85. The van der Waals surface area contributed by atoms with Crippen LogP contribution >= 0.6 is 0 Å². The largest absolute Gasteiger partial charge is 0.450 e. The molecule has 0 atom stereocenters. The Labute approximate surface area is 145 Å². The van der Waals surface area contributed by atoms with Gasteiger partial charge in [-0.2, -0.15) is 0 Å². The summed E-state index contributed by atoms with van der Waals surface area (Å²) < 4.78 is 15.2. The first-order valence-electron chi connectivity index (χ1n) is 7.72. The summed E-state index contributed by atoms with van der Waals surface area (Å²) in [6.45, 7) is 4.06. The lowest BCUT2D eigenvalue weighted by Crippen LogP contribution is -2.13. The van der Waals surface area contributed by atoms with Crippen molar-refractivity contribution in [2.75, 3.05) is 23.8 Å². The van der Waals surface area contributed by atoms with Crippen LogP contribution in [0.25, 0.3) is 0 Å². The van der Waals surface area contributed by atoms with Gasteiger partial charge in [0.1, 0.15) is 5.75 Å². The average molecular weight is 345 g/mol. The molecule has 8 heteroatoms. The fourth-order valence-corrected chi connectivity index (χ4v) is 1.81. The van der Waals surface area contributed by atoms with Crippen LogP contribution in [0.15, 0.2) is 42.6 Å². The van der Waals surface area contributed by atoms with Crippen molar-refractivity contribution in [1.29, 1.82) is 0 Å². The Kier molecular flexibility index (Phi) is 6.58. The number of pyridine rings is 1. The third-order valence-electron chi connectivity index (χ3n) is 2.86. The first-order chi connectivity index (χ1) is 12.1. The van der Waals surface area contributed by atoms with Gasteiger partial charge in [0, 0.05) is 11.8 Å². The molecule has 0 aliphatic heterocycles. The molecule has 2 aromatic rings. The van der Waals surface area contributed by atoms with Crippen molar-refractivity contribution in [3.63, 3.8) is 0 Å². The molecule has 2 amide bonds. The quantitative estimate of drug-likeness (QED) is 0.821. The van der Waals surface area contributed by atoms with Crippen LogP contribution in [-0.2, 0) is 9.47 Å². The number of rotatable bonds is 6. The summed E-state index contributed by atoms with van der Waals surface area (Å²) in [5.74, 6) is 0.911. The van der Waals surface area contributed by atoms with E-state index >= 15 is 0 Å². The summed E-state index contributed by atoms with van der Waals surface area (Å²) >= 11 is 0. The second-order valence-corrected chi connectivity index (χ2v) is 4.70. The zero-order valence-corrected chi connectivity index (χ0v) is 13.9. The molecular weight excluding hydrogens is 326 g/mol. The molecule has 2 N–H and O–H groups in total. The maximum atomic E-state index is 11.3. The number of carbonyl (C=O) groups excluding carboxylic acids is 2. The van der Waals surface area contributed by atoms with Crippen LogP contribution in [0.3, 0.4) is 0 Å². The van der Waals surface area contributed by atoms with Crippen LogP contribution in [0.1, 0.15) is 13.8 Å². The lowest BCUT2D eigenvalue weighted by molar-refractivity contribution is 0.167. The van der Waals surface area contributed by atoms with Crippen LogP contribution in [0.4, 0.5) is 21.0 Å². The van der Waals surface area contributed by atoms with E-state index in [1.165, 1.54) is 6.20 Å². The van der Waals surface area contributed by atoms with Crippen molar-refractivity contribution < 1.29 is 23.8 Å². The maximum Gasteiger partial charge on any atom is 0.411 e. The highest BCUT2D eigenvalue weighted by Gasteiger charge is 2.05. The molecule has 0 bridgehead atoms. The van der Waals surface area contributed by atoms with Gasteiger partial charge >= 0.3 is 12.2 Å². The zero-order valence-electron chi connectivity index (χ0n) is 13.9. The fraction of sp³-hybridized carbons (Fsp3) is 0.235. The van der Waals surface area contributed by atoms with Gasteiger partial charge in [-0.3, -0.25) is 10.6 Å². The SMILES string of the molecule is CCOC(=O)Nc1ccc(Oc2ccc(NC(=O)OCC)cn2)cc1. The standard InChI is InChI=1S/C17H19N3O5/c1-3-23-16(21)19-12-5-8-14(9-6-12)25-15-10-7-13(11-18-15)20-17(22)24-4-2/h5-11H,3-4H2,1-2H3,(H,19,21)(H,20,22). The normalized spacial score (nSPS) is 9.84. The first kappa shape index (κ1) is 18.1. The number of amides is 2. The number of hydrogen-bond acceptors (Lipinski definition) is 6. The van der Waals surface area contributed by atoms with Gasteiger partial charge in [0.15, 0.2) is 0 Å². The van der Waals surface area contributed by atoms with Crippen LogP contribution in [0, 0.1) is 0 Å². The number of nitrogens with one attached hydrogen (secondary N) is 2. The zero-order chi connectivity index (χ0) is 18.1. The second-order valence-electron chi connectivity index (χ2n) is 4.70. The van der Waals surface area contributed by atoms with E-state index < -0.39 is 12.2 Å². The summed E-state index contributed by atoms with van der Waals surface area (Å²) in [6.07, 6.45) is 0.410. The summed E-state index contributed by atoms with van der Waals surface area (Å²) in [5.41, 5.74) is 1.09. The van der Waals surface area contributed by atoms with Gasteiger partial charge in [0.05, 0.1) is 25.1 Å². The Balaban J connectivity index is 1.91. The van der Waals surface area contributed by atoms with Crippen molar-refractivity contribution in [1.82, 2.24) is 4.98 Å². The lowest BCUT2D eigenvalue weighted by Gasteiger charge is -2.08. The smallest absolute Gasteiger partial charge is 0.411 e. The number of ether oxygens (including phenoxy) is 3. The monoisotopic (exact) mass is 345 g/mol. The van der Waals surface area contributed by atoms with Crippen LogP contribution in [-0.4, -0.2) is 30.4 Å². The maximum absolute atomic E-state index is 11.3. The number of anilines is 2. The van der Waals surface area contributed by atoms with Gasteiger partial charge in [-0.05, 0) is 44.2 Å². The Morgan fingerprint density at radius 3 is 1.96 bits per heavy atom. The third kappa shape index (κ3) is 6.02. The molecule has 0 aliphatic rings. The van der Waals surface area contributed by atoms with E-state index in [2.05, 4.69) is 15.6 Å². The molecule has 0 spiro atoms. The number of benzene rings is 1. The minimum atomic E-state index is -0.539. The topological polar surface area (TPSA) is 98.8 Å². The summed E-state index contributed by atoms with van der Waals surface area (Å²) in [6, 6.07) is 10.0. The number of carbonyl (C=O) groups is 2. The molecule has 0 aliphatic carbocycles. The van der Waals surface area contributed by atoms with E-state index in [1.807, 2.05) is 0 Å². The van der Waals surface area contributed by atoms with E-state index in [1.54, 1.807) is 50.2 Å². The highest BCUT2D eigenvalue weighted by atomic mass is 16.6. The summed E-state index contributed by atoms with van der Waals surface area (Å²) in [7, 11) is 0. The average Bonchev–Trinajstić information content (AvgIpc) is 2.59. The Bertz CT molecular complexity index is 640. The molecule has 0 unspecified atom stereocenters. The first-order valence-corrected chi connectivity index (χ1v) is 7.72. The lowest BCUT2D eigenvalue weighted by atomic mass is 10.3. The van der Waals surface area contributed by atoms with Crippen molar-refractivity contribution in [2.45, 2.75) is 13.8 Å². The molecule has 8 nitrogen and oxygen atoms in total. The number of nitrogens with zero attached hydrogens (tertiary/aromatic N) is 1. The Morgan fingerprint density at radius 1 is 0.880 bits per heavy atom. The molecule has 0 radical (unpaired) electrons. The molecule has 132 valence electrons. The molecule has 0 saturated carbocycles. The Morgan fingerprint density at radius 2 is 1.44 bits per heavy atom. The van der Waals surface area contributed by atoms with E-state index in [9.17, 15) is 9.59 Å². The Hall–Kier alpha value is -3.29. The minimum Gasteiger partial charge on any atom is -0.450 e. The highest BCUT2D eigenvalue weighted by Crippen LogP contribution is 2.22. The van der Waals surface area contributed by atoms with E-state index in [0.717, 1.165) is 0 Å². The fourth-order valence-electron chi connectivity index (χ4n) is 1.81. The van der Waals surface area contributed by atoms with Gasteiger partial charge < -0.3 is 14.2 Å². The van der Waals surface area contributed by atoms with Crippen molar-refractivity contribution in [2.24, 2.45) is 0 Å². The number of hydrogen-bond donors (Lipinski definition) is 2. The molecule has 1 aromatic carbocycles. The van der Waals surface area contributed by atoms with Crippen LogP contribution in [0.2, 0.25) is 0 Å². The van der Waals surface area contributed by atoms with E-state index in [4.69, 9.17) is 14.2 Å². The van der Waals surface area contributed by atoms with E-state index in [0.29, 0.717) is 36.2 Å². The van der Waals surface area contributed by atoms with Crippen LogP contribution in [0.5, 0.6) is 11.6 Å². The molecule has 2 rings (SSSR count). The van der Waals surface area contributed by atoms with E-state index in [-0.39, 0.29) is 0 Å². The predicted molar refractivity (Wildman–Crippen MR) is 92.0 cm³/mol.